The van der Waals surface area contributed by atoms with Crippen LogP contribution in [-0.2, 0) is 16.2 Å². The van der Waals surface area contributed by atoms with Crippen molar-refractivity contribution < 1.29 is 4.43 Å². The van der Waals surface area contributed by atoms with Gasteiger partial charge in [-0.2, -0.15) is 0 Å². The Labute approximate surface area is 185 Å². The Kier molecular flexibility index (Phi) is 7.50. The van der Waals surface area contributed by atoms with Gasteiger partial charge >= 0.3 is 0 Å². The number of rotatable bonds is 8. The summed E-state index contributed by atoms with van der Waals surface area (Å²) in [7, 11) is -2.41. The van der Waals surface area contributed by atoms with Crippen LogP contribution in [0.3, 0.4) is 0 Å². The molecule has 0 heterocycles. The summed E-state index contributed by atoms with van der Waals surface area (Å²) in [4.78, 5) is 0. The van der Waals surface area contributed by atoms with Crippen LogP contribution in [0.4, 0.5) is 0 Å². The van der Waals surface area contributed by atoms with Crippen molar-refractivity contribution in [3.8, 4) is 0 Å². The van der Waals surface area contributed by atoms with Gasteiger partial charge in [0.2, 0.25) is 0 Å². The van der Waals surface area contributed by atoms with Gasteiger partial charge in [-0.1, -0.05) is 122 Å². The van der Waals surface area contributed by atoms with Gasteiger partial charge in [-0.15, -0.1) is 0 Å². The van der Waals surface area contributed by atoms with Gasteiger partial charge in [-0.05, 0) is 39.4 Å². The number of halogens is 1. The topological polar surface area (TPSA) is 9.23 Å². The highest BCUT2D eigenvalue weighted by molar-refractivity contribution is 9.08. The number of hydrogen-bond donors (Lipinski definition) is 0. The second-order valence-corrected chi connectivity index (χ2v) is 13.4. The second-order valence-electron chi connectivity index (χ2n) is 8.57. The third kappa shape index (κ3) is 5.09. The van der Waals surface area contributed by atoms with Crippen LogP contribution in [-0.4, -0.2) is 14.9 Å². The third-order valence-electron chi connectivity index (χ3n) is 5.52. The minimum absolute atomic E-state index is 0.0350. The third-order valence-corrected chi connectivity index (χ3v) is 11.2. The van der Waals surface area contributed by atoms with Gasteiger partial charge in [0.15, 0.2) is 0 Å². The second kappa shape index (κ2) is 9.88. The Hall–Kier alpha value is -1.68. The summed E-state index contributed by atoms with van der Waals surface area (Å²) in [6, 6.07) is 30.6. The van der Waals surface area contributed by atoms with E-state index in [0.29, 0.717) is 0 Å². The summed E-state index contributed by atoms with van der Waals surface area (Å²) >= 11 is 3.52. The number of aryl methyl sites for hydroxylation is 1. The molecule has 0 radical (unpaired) electrons. The molecule has 1 nitrogen and oxygen atoms in total. The van der Waals surface area contributed by atoms with E-state index < -0.39 is 8.32 Å². The van der Waals surface area contributed by atoms with Gasteiger partial charge in [0.1, 0.15) is 0 Å². The van der Waals surface area contributed by atoms with Gasteiger partial charge in [-0.3, -0.25) is 0 Å². The maximum Gasteiger partial charge on any atom is 0.261 e. The average molecular weight is 468 g/mol. The van der Waals surface area contributed by atoms with Crippen molar-refractivity contribution >= 4 is 34.6 Å². The van der Waals surface area contributed by atoms with E-state index in [4.69, 9.17) is 4.43 Å². The van der Waals surface area contributed by atoms with E-state index in [1.54, 1.807) is 0 Å². The molecule has 0 bridgehead atoms. The van der Waals surface area contributed by atoms with Crippen LogP contribution < -0.4 is 10.4 Å². The molecule has 0 atom stereocenters. The average Bonchev–Trinajstić information content (AvgIpc) is 2.74. The van der Waals surface area contributed by atoms with Gasteiger partial charge in [-0.25, -0.2) is 0 Å². The Morgan fingerprint density at radius 3 is 1.66 bits per heavy atom. The number of hydrogen-bond acceptors (Lipinski definition) is 1. The molecule has 3 aromatic carbocycles. The summed E-state index contributed by atoms with van der Waals surface area (Å²) in [5.74, 6) is 0. The van der Waals surface area contributed by atoms with Crippen molar-refractivity contribution in [2.45, 2.75) is 44.0 Å². The summed E-state index contributed by atoms with van der Waals surface area (Å²) in [6.07, 6.45) is 2.07. The molecule has 0 aromatic heterocycles. The predicted octanol–water partition coefficient (Wildman–Crippen LogP) is 6.09. The lowest BCUT2D eigenvalue weighted by atomic mass is 10.1. The van der Waals surface area contributed by atoms with Crippen LogP contribution in [0.2, 0.25) is 5.04 Å². The fourth-order valence-corrected chi connectivity index (χ4v) is 9.04. The lowest BCUT2D eigenvalue weighted by Gasteiger charge is -2.43. The molecular weight excluding hydrogens is 436 g/mol. The molecule has 0 saturated carbocycles. The van der Waals surface area contributed by atoms with E-state index in [1.807, 2.05) is 0 Å². The molecular formula is C26H31BrOSi. The minimum atomic E-state index is -2.41. The molecule has 0 fully saturated rings. The number of benzene rings is 3. The highest BCUT2D eigenvalue weighted by Gasteiger charge is 2.49. The lowest BCUT2D eigenvalue weighted by Crippen LogP contribution is -2.66. The standard InChI is InChI=1S/C26H31BrOSi/c1-26(2,3)29(24-12-6-4-7-13-24,25-14-8-5-9-15-25)28-20-10-11-22-16-18-23(21-27)19-17-22/h4-9,12-19H,10-11,20-21H2,1-3H3. The summed E-state index contributed by atoms with van der Waals surface area (Å²) in [5, 5.41) is 3.64. The van der Waals surface area contributed by atoms with Gasteiger partial charge < -0.3 is 4.43 Å². The van der Waals surface area contributed by atoms with Gasteiger partial charge in [0.25, 0.3) is 8.32 Å². The molecule has 3 heteroatoms. The first-order chi connectivity index (χ1) is 14.0. The highest BCUT2D eigenvalue weighted by Crippen LogP contribution is 2.36. The molecule has 29 heavy (non-hydrogen) atoms. The maximum atomic E-state index is 6.96. The molecule has 0 spiro atoms. The SMILES string of the molecule is CC(C)(C)[Si](OCCCc1ccc(CBr)cc1)(c1ccccc1)c1ccccc1. The molecule has 0 N–H and O–H groups in total. The van der Waals surface area contributed by atoms with E-state index >= 15 is 0 Å². The molecule has 0 unspecified atom stereocenters. The zero-order chi connectivity index (χ0) is 20.7. The first-order valence-electron chi connectivity index (χ1n) is 10.4. The molecule has 0 saturated heterocycles. The van der Waals surface area contributed by atoms with Crippen LogP contribution in [0.5, 0.6) is 0 Å². The largest absolute Gasteiger partial charge is 0.407 e. The summed E-state index contributed by atoms with van der Waals surface area (Å²) in [5.41, 5.74) is 2.69. The summed E-state index contributed by atoms with van der Waals surface area (Å²) < 4.78 is 6.96. The zero-order valence-electron chi connectivity index (χ0n) is 17.7. The van der Waals surface area contributed by atoms with E-state index in [0.717, 1.165) is 24.8 Å². The molecule has 0 amide bonds. The van der Waals surface area contributed by atoms with E-state index in [1.165, 1.54) is 21.5 Å². The monoisotopic (exact) mass is 466 g/mol. The zero-order valence-corrected chi connectivity index (χ0v) is 20.3. The fourth-order valence-electron chi connectivity index (χ4n) is 4.06. The predicted molar refractivity (Wildman–Crippen MR) is 131 cm³/mol. The Bertz CT molecular complexity index is 831. The molecule has 3 aromatic rings. The molecule has 3 rings (SSSR count). The van der Waals surface area contributed by atoms with Crippen LogP contribution in [0.1, 0.15) is 38.3 Å². The van der Waals surface area contributed by atoms with Crippen molar-refractivity contribution in [2.24, 2.45) is 0 Å². The van der Waals surface area contributed by atoms with Crippen molar-refractivity contribution in [3.05, 3.63) is 96.1 Å². The Balaban J connectivity index is 1.83. The van der Waals surface area contributed by atoms with Crippen LogP contribution in [0.25, 0.3) is 0 Å². The van der Waals surface area contributed by atoms with Crippen molar-refractivity contribution in [1.29, 1.82) is 0 Å². The van der Waals surface area contributed by atoms with E-state index in [-0.39, 0.29) is 5.04 Å². The lowest BCUT2D eigenvalue weighted by molar-refractivity contribution is 0.292. The van der Waals surface area contributed by atoms with E-state index in [9.17, 15) is 0 Å². The maximum absolute atomic E-state index is 6.96. The highest BCUT2D eigenvalue weighted by atomic mass is 79.9. The molecule has 0 aliphatic carbocycles. The van der Waals surface area contributed by atoms with Gasteiger partial charge in [0, 0.05) is 11.9 Å². The van der Waals surface area contributed by atoms with Crippen molar-refractivity contribution in [3.63, 3.8) is 0 Å². The van der Waals surface area contributed by atoms with E-state index in [2.05, 4.69) is 122 Å². The Morgan fingerprint density at radius 2 is 1.21 bits per heavy atom. The fraction of sp³-hybridized carbons (Fsp3) is 0.308. The van der Waals surface area contributed by atoms with Crippen molar-refractivity contribution in [2.75, 3.05) is 6.61 Å². The van der Waals surface area contributed by atoms with Crippen LogP contribution >= 0.6 is 15.9 Å². The van der Waals surface area contributed by atoms with Crippen molar-refractivity contribution in [1.82, 2.24) is 0 Å². The normalized spacial score (nSPS) is 12.1. The molecule has 0 aliphatic heterocycles. The van der Waals surface area contributed by atoms with Crippen LogP contribution in [0, 0.1) is 0 Å². The first kappa shape index (κ1) is 22.0. The Morgan fingerprint density at radius 1 is 0.724 bits per heavy atom. The molecule has 0 aliphatic rings. The number of alkyl halides is 1. The smallest absolute Gasteiger partial charge is 0.261 e. The van der Waals surface area contributed by atoms with Gasteiger partial charge in [0.05, 0.1) is 0 Å². The first-order valence-corrected chi connectivity index (χ1v) is 13.4. The van der Waals surface area contributed by atoms with Crippen LogP contribution in [0.15, 0.2) is 84.9 Å². The minimum Gasteiger partial charge on any atom is -0.407 e. The quantitative estimate of drug-likeness (QED) is 0.221. The molecule has 152 valence electrons. The summed E-state index contributed by atoms with van der Waals surface area (Å²) in [6.45, 7) is 7.77.